The van der Waals surface area contributed by atoms with E-state index >= 15 is 0 Å². The Morgan fingerprint density at radius 3 is 2.56 bits per heavy atom. The molecule has 0 bridgehead atoms. The second-order valence-electron chi connectivity index (χ2n) is 3.27. The predicted molar refractivity (Wildman–Crippen MR) is 55.0 cm³/mol. The topological polar surface area (TPSA) is 65.1 Å². The maximum Gasteiger partial charge on any atom is 0.409 e. The van der Waals surface area contributed by atoms with E-state index in [0.717, 1.165) is 0 Å². The molecule has 1 heterocycles. The zero-order valence-corrected chi connectivity index (χ0v) is 9.44. The van der Waals surface area contributed by atoms with Crippen molar-refractivity contribution in [3.05, 3.63) is 0 Å². The third-order valence-corrected chi connectivity index (χ3v) is 2.11. The van der Waals surface area contributed by atoms with Crippen LogP contribution in [0.15, 0.2) is 0 Å². The summed E-state index contributed by atoms with van der Waals surface area (Å²) in [4.78, 5) is 24.0. The van der Waals surface area contributed by atoms with Crippen molar-refractivity contribution in [3.8, 4) is 0 Å². The minimum Gasteiger partial charge on any atom is -0.466 e. The third-order valence-electron chi connectivity index (χ3n) is 2.11. The Morgan fingerprint density at radius 2 is 1.94 bits per heavy atom. The predicted octanol–water partition coefficient (Wildman–Crippen LogP) is 0.408. The molecule has 0 aromatic heterocycles. The van der Waals surface area contributed by atoms with E-state index < -0.39 is 6.09 Å². The molecule has 0 spiro atoms. The van der Waals surface area contributed by atoms with Gasteiger partial charge < -0.3 is 19.1 Å². The van der Waals surface area contributed by atoms with E-state index in [-0.39, 0.29) is 19.0 Å². The van der Waals surface area contributed by atoms with Crippen molar-refractivity contribution in [1.82, 2.24) is 4.90 Å². The first-order chi connectivity index (χ1) is 7.74. The fraction of sp³-hybridized carbons (Fsp3) is 0.800. The number of rotatable bonds is 4. The number of hydrogen-bond donors (Lipinski definition) is 0. The smallest absolute Gasteiger partial charge is 0.409 e. The summed E-state index contributed by atoms with van der Waals surface area (Å²) in [5.41, 5.74) is 0. The maximum atomic E-state index is 11.4. The Morgan fingerprint density at radius 1 is 1.25 bits per heavy atom. The van der Waals surface area contributed by atoms with Crippen molar-refractivity contribution < 1.29 is 23.8 Å². The molecule has 1 rings (SSSR count). The van der Waals surface area contributed by atoms with Crippen molar-refractivity contribution in [2.75, 3.05) is 39.5 Å². The van der Waals surface area contributed by atoms with E-state index in [1.165, 1.54) is 0 Å². The Hall–Kier alpha value is -1.30. The number of morpholine rings is 1. The molecule has 1 aliphatic rings. The lowest BCUT2D eigenvalue weighted by atomic mass is 10.4. The maximum absolute atomic E-state index is 11.4. The highest BCUT2D eigenvalue weighted by molar-refractivity contribution is 5.71. The molecule has 0 atom stereocenters. The van der Waals surface area contributed by atoms with Crippen molar-refractivity contribution in [3.63, 3.8) is 0 Å². The first-order valence-electron chi connectivity index (χ1n) is 5.39. The van der Waals surface area contributed by atoms with Crippen molar-refractivity contribution in [2.24, 2.45) is 0 Å². The molecule has 0 aliphatic carbocycles. The van der Waals surface area contributed by atoms with E-state index in [0.29, 0.717) is 32.9 Å². The number of hydrogen-bond acceptors (Lipinski definition) is 5. The summed E-state index contributed by atoms with van der Waals surface area (Å²) in [6.45, 7) is 4.29. The number of amides is 1. The number of carbonyl (C=O) groups excluding carboxylic acids is 2. The lowest BCUT2D eigenvalue weighted by Gasteiger charge is -2.25. The zero-order valence-electron chi connectivity index (χ0n) is 9.44. The molecule has 0 aromatic carbocycles. The fourth-order valence-corrected chi connectivity index (χ4v) is 1.29. The van der Waals surface area contributed by atoms with Crippen LogP contribution in [0.3, 0.4) is 0 Å². The molecular weight excluding hydrogens is 214 g/mol. The van der Waals surface area contributed by atoms with E-state index in [1.807, 2.05) is 0 Å². The number of esters is 1. The Bertz CT molecular complexity index is 237. The summed E-state index contributed by atoms with van der Waals surface area (Å²) in [5, 5.41) is 0. The van der Waals surface area contributed by atoms with Gasteiger partial charge in [-0.3, -0.25) is 4.79 Å². The fourth-order valence-electron chi connectivity index (χ4n) is 1.29. The molecule has 0 radical (unpaired) electrons. The molecule has 0 saturated carbocycles. The first kappa shape index (κ1) is 12.8. The summed E-state index contributed by atoms with van der Waals surface area (Å²) in [6.07, 6.45) is -0.295. The van der Waals surface area contributed by atoms with Crippen molar-refractivity contribution in [2.45, 2.75) is 13.3 Å². The standard InChI is InChI=1S/C10H17NO5/c1-2-15-9(12)3-6-16-10(13)11-4-7-14-8-5-11/h2-8H2,1H3. The van der Waals surface area contributed by atoms with Crippen molar-refractivity contribution >= 4 is 12.1 Å². The highest BCUT2D eigenvalue weighted by Crippen LogP contribution is 2.00. The second-order valence-corrected chi connectivity index (χ2v) is 3.27. The highest BCUT2D eigenvalue weighted by atomic mass is 16.6. The molecule has 0 N–H and O–H groups in total. The lowest BCUT2D eigenvalue weighted by Crippen LogP contribution is -2.41. The van der Waals surface area contributed by atoms with Crippen LogP contribution in [0.5, 0.6) is 0 Å². The normalized spacial score (nSPS) is 15.7. The second kappa shape index (κ2) is 7.05. The van der Waals surface area contributed by atoms with Gasteiger partial charge in [0.15, 0.2) is 0 Å². The summed E-state index contributed by atoms with van der Waals surface area (Å²) in [5.74, 6) is -0.350. The van der Waals surface area contributed by atoms with E-state index in [4.69, 9.17) is 14.2 Å². The monoisotopic (exact) mass is 231 g/mol. The van der Waals surface area contributed by atoms with Gasteiger partial charge in [0, 0.05) is 13.1 Å². The van der Waals surface area contributed by atoms with E-state index in [2.05, 4.69) is 0 Å². The molecular formula is C10H17NO5. The SMILES string of the molecule is CCOC(=O)CCOC(=O)N1CCOCC1. The van der Waals surface area contributed by atoms with Crippen LogP contribution in [-0.4, -0.2) is 56.5 Å². The van der Waals surface area contributed by atoms with Crippen LogP contribution in [0, 0.1) is 0 Å². The molecule has 6 heteroatoms. The molecule has 92 valence electrons. The molecule has 16 heavy (non-hydrogen) atoms. The zero-order chi connectivity index (χ0) is 11.8. The first-order valence-corrected chi connectivity index (χ1v) is 5.39. The molecule has 6 nitrogen and oxygen atoms in total. The minimum absolute atomic E-state index is 0.0645. The minimum atomic E-state index is -0.396. The molecule has 1 amide bonds. The largest absolute Gasteiger partial charge is 0.466 e. The summed E-state index contributed by atoms with van der Waals surface area (Å²) in [6, 6.07) is 0. The van der Waals surface area contributed by atoms with Gasteiger partial charge in [-0.2, -0.15) is 0 Å². The average molecular weight is 231 g/mol. The van der Waals surface area contributed by atoms with Gasteiger partial charge in [0.1, 0.15) is 6.61 Å². The van der Waals surface area contributed by atoms with E-state index in [9.17, 15) is 9.59 Å². The number of carbonyl (C=O) groups is 2. The summed E-state index contributed by atoms with van der Waals surface area (Å²) >= 11 is 0. The Balaban J connectivity index is 2.12. The van der Waals surface area contributed by atoms with Gasteiger partial charge in [-0.1, -0.05) is 0 Å². The van der Waals surface area contributed by atoms with Crippen LogP contribution in [0.4, 0.5) is 4.79 Å². The van der Waals surface area contributed by atoms with Crippen LogP contribution in [0.2, 0.25) is 0 Å². The number of nitrogens with zero attached hydrogens (tertiary/aromatic N) is 1. The molecule has 1 saturated heterocycles. The molecule has 1 aliphatic heterocycles. The molecule has 0 aromatic rings. The molecule has 1 fully saturated rings. The van der Waals surface area contributed by atoms with Crippen LogP contribution in [0.1, 0.15) is 13.3 Å². The van der Waals surface area contributed by atoms with Gasteiger partial charge in [0.25, 0.3) is 0 Å². The average Bonchev–Trinajstić information content (AvgIpc) is 2.30. The number of ether oxygens (including phenoxy) is 3. The van der Waals surface area contributed by atoms with Crippen LogP contribution >= 0.6 is 0 Å². The Labute approximate surface area is 94.4 Å². The van der Waals surface area contributed by atoms with Gasteiger partial charge in [-0.15, -0.1) is 0 Å². The quantitative estimate of drug-likeness (QED) is 0.655. The van der Waals surface area contributed by atoms with Crippen LogP contribution < -0.4 is 0 Å². The van der Waals surface area contributed by atoms with Crippen LogP contribution in [0.25, 0.3) is 0 Å². The highest BCUT2D eigenvalue weighted by Gasteiger charge is 2.18. The van der Waals surface area contributed by atoms with Gasteiger partial charge in [-0.05, 0) is 6.92 Å². The third kappa shape index (κ3) is 4.48. The van der Waals surface area contributed by atoms with Gasteiger partial charge in [0.05, 0.1) is 26.2 Å². The summed E-state index contributed by atoms with van der Waals surface area (Å²) < 4.78 is 14.7. The molecule has 0 unspecified atom stereocenters. The van der Waals surface area contributed by atoms with Gasteiger partial charge >= 0.3 is 12.1 Å². The van der Waals surface area contributed by atoms with Gasteiger partial charge in [0.2, 0.25) is 0 Å². The Kier molecular flexibility index (Phi) is 5.63. The lowest BCUT2D eigenvalue weighted by molar-refractivity contribution is -0.143. The van der Waals surface area contributed by atoms with Crippen molar-refractivity contribution in [1.29, 1.82) is 0 Å². The van der Waals surface area contributed by atoms with Gasteiger partial charge in [-0.25, -0.2) is 4.79 Å². The summed E-state index contributed by atoms with van der Waals surface area (Å²) in [7, 11) is 0. The van der Waals surface area contributed by atoms with E-state index in [1.54, 1.807) is 11.8 Å². The van der Waals surface area contributed by atoms with Crippen LogP contribution in [-0.2, 0) is 19.0 Å².